The second-order valence-electron chi connectivity index (χ2n) is 5.26. The molecule has 25 heavy (non-hydrogen) atoms. The van der Waals surface area contributed by atoms with E-state index in [0.717, 1.165) is 29.8 Å². The molecule has 0 aliphatic carbocycles. The Balaban J connectivity index is 2.20. The number of halogens is 4. The van der Waals surface area contributed by atoms with Crippen LogP contribution in [-0.2, 0) is 11.0 Å². The van der Waals surface area contributed by atoms with E-state index in [-0.39, 0.29) is 10.6 Å². The molecule has 0 aromatic heterocycles. The van der Waals surface area contributed by atoms with E-state index in [1.165, 1.54) is 13.2 Å². The molecule has 132 valence electrons. The minimum absolute atomic E-state index is 0.0999. The SMILES string of the molecule is COc1ccc(C)cc1NC(=O)/C=C/c1cc(C(F)(F)F)ccc1Cl. The summed E-state index contributed by atoms with van der Waals surface area (Å²) in [6.07, 6.45) is -2.14. The summed E-state index contributed by atoms with van der Waals surface area (Å²) in [7, 11) is 1.47. The van der Waals surface area contributed by atoms with Gasteiger partial charge in [-0.1, -0.05) is 17.7 Å². The van der Waals surface area contributed by atoms with Gasteiger partial charge in [-0.05, 0) is 54.5 Å². The number of carbonyl (C=O) groups excluding carboxylic acids is 1. The summed E-state index contributed by atoms with van der Waals surface area (Å²) >= 11 is 5.89. The van der Waals surface area contributed by atoms with Gasteiger partial charge in [-0.15, -0.1) is 0 Å². The molecule has 1 N–H and O–H groups in total. The number of benzene rings is 2. The number of ether oxygens (including phenoxy) is 1. The number of hydrogen-bond acceptors (Lipinski definition) is 2. The highest BCUT2D eigenvalue weighted by atomic mass is 35.5. The molecule has 0 radical (unpaired) electrons. The molecule has 0 aliphatic rings. The number of alkyl halides is 3. The Hall–Kier alpha value is -2.47. The Labute approximate surface area is 148 Å². The maximum atomic E-state index is 12.7. The zero-order valence-electron chi connectivity index (χ0n) is 13.4. The standard InChI is InChI=1S/C18H15ClF3NO2/c1-11-3-7-16(25-2)15(9-11)23-17(24)8-4-12-10-13(18(20,21)22)5-6-14(12)19/h3-10H,1-2H3,(H,23,24)/b8-4+. The first-order chi connectivity index (χ1) is 11.7. The molecule has 2 rings (SSSR count). The zero-order valence-corrected chi connectivity index (χ0v) is 14.2. The first-order valence-electron chi connectivity index (χ1n) is 7.21. The lowest BCUT2D eigenvalue weighted by molar-refractivity contribution is -0.137. The summed E-state index contributed by atoms with van der Waals surface area (Å²) in [4.78, 5) is 12.0. The largest absolute Gasteiger partial charge is 0.495 e. The van der Waals surface area contributed by atoms with Crippen LogP contribution in [0.4, 0.5) is 18.9 Å². The molecule has 0 aliphatic heterocycles. The second-order valence-corrected chi connectivity index (χ2v) is 5.67. The van der Waals surface area contributed by atoms with Gasteiger partial charge in [0.15, 0.2) is 0 Å². The fourth-order valence-electron chi connectivity index (χ4n) is 2.11. The van der Waals surface area contributed by atoms with Crippen LogP contribution in [0, 0.1) is 6.92 Å². The van der Waals surface area contributed by atoms with E-state index in [0.29, 0.717) is 11.4 Å². The number of aryl methyl sites for hydroxylation is 1. The van der Waals surface area contributed by atoms with Crippen LogP contribution in [0.15, 0.2) is 42.5 Å². The molecule has 0 atom stereocenters. The van der Waals surface area contributed by atoms with E-state index in [4.69, 9.17) is 16.3 Å². The number of nitrogens with one attached hydrogen (secondary N) is 1. The normalized spacial score (nSPS) is 11.6. The highest BCUT2D eigenvalue weighted by Crippen LogP contribution is 2.32. The first kappa shape index (κ1) is 18.9. The van der Waals surface area contributed by atoms with Crippen molar-refractivity contribution >= 4 is 29.3 Å². The average molecular weight is 370 g/mol. The minimum atomic E-state index is -4.48. The van der Waals surface area contributed by atoms with Gasteiger partial charge in [-0.2, -0.15) is 13.2 Å². The van der Waals surface area contributed by atoms with Crippen LogP contribution in [0.2, 0.25) is 5.02 Å². The van der Waals surface area contributed by atoms with Crippen LogP contribution < -0.4 is 10.1 Å². The number of methoxy groups -OCH3 is 1. The smallest absolute Gasteiger partial charge is 0.416 e. The van der Waals surface area contributed by atoms with E-state index < -0.39 is 17.6 Å². The summed E-state index contributed by atoms with van der Waals surface area (Å²) < 4.78 is 43.4. The molecule has 0 fully saturated rings. The van der Waals surface area contributed by atoms with Gasteiger partial charge in [-0.3, -0.25) is 4.79 Å². The van der Waals surface area contributed by atoms with E-state index >= 15 is 0 Å². The quantitative estimate of drug-likeness (QED) is 0.740. The number of hydrogen-bond donors (Lipinski definition) is 1. The third-order valence-corrected chi connectivity index (χ3v) is 3.69. The summed E-state index contributed by atoms with van der Waals surface area (Å²) in [6.45, 7) is 1.85. The van der Waals surface area contributed by atoms with E-state index in [9.17, 15) is 18.0 Å². The average Bonchev–Trinajstić information content (AvgIpc) is 2.53. The van der Waals surface area contributed by atoms with Crippen LogP contribution in [0.1, 0.15) is 16.7 Å². The van der Waals surface area contributed by atoms with Crippen LogP contribution >= 0.6 is 11.6 Å². The summed E-state index contributed by atoms with van der Waals surface area (Å²) in [5.74, 6) is -0.0400. The molecular formula is C18H15ClF3NO2. The molecule has 0 saturated heterocycles. The van der Waals surface area contributed by atoms with E-state index in [1.54, 1.807) is 12.1 Å². The van der Waals surface area contributed by atoms with Crippen molar-refractivity contribution in [3.63, 3.8) is 0 Å². The monoisotopic (exact) mass is 369 g/mol. The molecule has 0 heterocycles. The van der Waals surface area contributed by atoms with Gasteiger partial charge in [0.25, 0.3) is 0 Å². The van der Waals surface area contributed by atoms with Gasteiger partial charge in [0, 0.05) is 11.1 Å². The van der Waals surface area contributed by atoms with Crippen molar-refractivity contribution in [3.8, 4) is 5.75 Å². The van der Waals surface area contributed by atoms with Crippen molar-refractivity contribution in [3.05, 3.63) is 64.2 Å². The number of rotatable bonds is 4. The lowest BCUT2D eigenvalue weighted by Crippen LogP contribution is -2.09. The predicted molar refractivity (Wildman–Crippen MR) is 91.8 cm³/mol. The lowest BCUT2D eigenvalue weighted by atomic mass is 10.1. The van der Waals surface area contributed by atoms with Crippen molar-refractivity contribution < 1.29 is 22.7 Å². The van der Waals surface area contributed by atoms with Crippen LogP contribution in [0.3, 0.4) is 0 Å². The highest BCUT2D eigenvalue weighted by molar-refractivity contribution is 6.32. The molecule has 0 bridgehead atoms. The van der Waals surface area contributed by atoms with Crippen molar-refractivity contribution in [2.75, 3.05) is 12.4 Å². The van der Waals surface area contributed by atoms with Gasteiger partial charge in [-0.25, -0.2) is 0 Å². The number of anilines is 1. The Morgan fingerprint density at radius 3 is 2.56 bits per heavy atom. The Bertz CT molecular complexity index is 816. The first-order valence-corrected chi connectivity index (χ1v) is 7.59. The molecule has 0 saturated carbocycles. The van der Waals surface area contributed by atoms with Gasteiger partial charge in [0.05, 0.1) is 18.4 Å². The molecule has 1 amide bonds. The zero-order chi connectivity index (χ0) is 18.6. The third-order valence-electron chi connectivity index (χ3n) is 3.35. The number of carbonyl (C=O) groups is 1. The van der Waals surface area contributed by atoms with Crippen molar-refractivity contribution in [1.82, 2.24) is 0 Å². The van der Waals surface area contributed by atoms with Gasteiger partial charge < -0.3 is 10.1 Å². The fourth-order valence-corrected chi connectivity index (χ4v) is 2.29. The molecule has 0 unspecified atom stereocenters. The number of amides is 1. The fraction of sp³-hybridized carbons (Fsp3) is 0.167. The van der Waals surface area contributed by atoms with Crippen molar-refractivity contribution in [2.45, 2.75) is 13.1 Å². The topological polar surface area (TPSA) is 38.3 Å². The molecule has 3 nitrogen and oxygen atoms in total. The van der Waals surface area contributed by atoms with Crippen LogP contribution in [0.5, 0.6) is 5.75 Å². The third kappa shape index (κ3) is 5.00. The maximum absolute atomic E-state index is 12.7. The summed E-state index contributed by atoms with van der Waals surface area (Å²) in [5.41, 5.74) is 0.647. The summed E-state index contributed by atoms with van der Waals surface area (Å²) in [5, 5.41) is 2.74. The predicted octanol–water partition coefficient (Wildman–Crippen LogP) is 5.33. The minimum Gasteiger partial charge on any atom is -0.495 e. The molecular weight excluding hydrogens is 355 g/mol. The van der Waals surface area contributed by atoms with Crippen LogP contribution in [0.25, 0.3) is 6.08 Å². The highest BCUT2D eigenvalue weighted by Gasteiger charge is 2.30. The van der Waals surface area contributed by atoms with Gasteiger partial charge >= 0.3 is 6.18 Å². The lowest BCUT2D eigenvalue weighted by Gasteiger charge is -2.10. The molecule has 2 aromatic carbocycles. The molecule has 2 aromatic rings. The second kappa shape index (κ2) is 7.61. The van der Waals surface area contributed by atoms with Gasteiger partial charge in [0.2, 0.25) is 5.91 Å². The van der Waals surface area contributed by atoms with Crippen molar-refractivity contribution in [1.29, 1.82) is 0 Å². The summed E-state index contributed by atoms with van der Waals surface area (Å²) in [6, 6.07) is 8.18. The van der Waals surface area contributed by atoms with E-state index in [1.807, 2.05) is 13.0 Å². The molecule has 7 heteroatoms. The van der Waals surface area contributed by atoms with Crippen molar-refractivity contribution in [2.24, 2.45) is 0 Å². The maximum Gasteiger partial charge on any atom is 0.416 e. The molecule has 0 spiro atoms. The Morgan fingerprint density at radius 2 is 1.92 bits per heavy atom. The Kier molecular flexibility index (Phi) is 5.74. The van der Waals surface area contributed by atoms with Crippen LogP contribution in [-0.4, -0.2) is 13.0 Å². The van der Waals surface area contributed by atoms with E-state index in [2.05, 4.69) is 5.32 Å². The Morgan fingerprint density at radius 1 is 1.20 bits per heavy atom. The van der Waals surface area contributed by atoms with Gasteiger partial charge in [0.1, 0.15) is 5.75 Å².